The summed E-state index contributed by atoms with van der Waals surface area (Å²) in [6, 6.07) is 0. The van der Waals surface area contributed by atoms with Gasteiger partial charge in [-0.1, -0.05) is 5.57 Å². The molecule has 1 aromatic rings. The molecule has 25 heavy (non-hydrogen) atoms. The fourth-order valence-corrected chi connectivity index (χ4v) is 2.73. The van der Waals surface area contributed by atoms with Gasteiger partial charge in [-0.3, -0.25) is 4.79 Å². The van der Waals surface area contributed by atoms with E-state index in [1.807, 2.05) is 27.7 Å². The molecule has 1 aliphatic rings. The average molecular weight is 344 g/mol. The van der Waals surface area contributed by atoms with E-state index < -0.39 is 0 Å². The van der Waals surface area contributed by atoms with Gasteiger partial charge in [0.05, 0.1) is 6.54 Å². The number of aromatic nitrogens is 1. The molecule has 0 bridgehead atoms. The maximum atomic E-state index is 12.8. The van der Waals surface area contributed by atoms with Crippen molar-refractivity contribution in [2.24, 2.45) is 4.99 Å². The zero-order valence-electron chi connectivity index (χ0n) is 16.0. The van der Waals surface area contributed by atoms with E-state index in [4.69, 9.17) is 4.42 Å². The van der Waals surface area contributed by atoms with Crippen LogP contribution in [0.4, 0.5) is 0 Å². The Hall–Kier alpha value is -2.37. The largest absolute Gasteiger partial charge is 0.446 e. The molecule has 0 radical (unpaired) electrons. The molecule has 0 aromatic carbocycles. The molecule has 0 unspecified atom stereocenters. The highest BCUT2D eigenvalue weighted by Crippen LogP contribution is 2.36. The van der Waals surface area contributed by atoms with Gasteiger partial charge in [0, 0.05) is 23.6 Å². The molecule has 6 heteroatoms. The molecule has 1 saturated carbocycles. The van der Waals surface area contributed by atoms with Crippen molar-refractivity contribution in [3.8, 4) is 0 Å². The minimum atomic E-state index is -0.151. The highest BCUT2D eigenvalue weighted by molar-refractivity contribution is 5.98. The molecule has 1 fully saturated rings. The smallest absolute Gasteiger partial charge is 0.251 e. The molecule has 2 N–H and O–H groups in total. The highest BCUT2D eigenvalue weighted by atomic mass is 16.4. The fraction of sp³-hybridized carbons (Fsp3) is 0.526. The molecule has 1 aliphatic carbocycles. The number of aliphatic imine (C=N–C) groups is 1. The number of rotatable bonds is 7. The maximum absolute atomic E-state index is 12.8. The van der Waals surface area contributed by atoms with Crippen LogP contribution in [0.5, 0.6) is 0 Å². The zero-order valence-corrected chi connectivity index (χ0v) is 16.0. The minimum Gasteiger partial charge on any atom is -0.446 e. The number of hydrogen-bond donors (Lipinski definition) is 2. The highest BCUT2D eigenvalue weighted by Gasteiger charge is 2.38. The van der Waals surface area contributed by atoms with Crippen molar-refractivity contribution in [1.29, 1.82) is 0 Å². The molecule has 1 heterocycles. The summed E-state index contributed by atoms with van der Waals surface area (Å²) in [6.07, 6.45) is 2.20. The zero-order chi connectivity index (χ0) is 18.8. The minimum absolute atomic E-state index is 0.0658. The molecule has 6 nitrogen and oxygen atoms in total. The lowest BCUT2D eigenvalue weighted by molar-refractivity contribution is -0.117. The first-order valence-corrected chi connectivity index (χ1v) is 8.51. The van der Waals surface area contributed by atoms with E-state index in [-0.39, 0.29) is 11.4 Å². The lowest BCUT2D eigenvalue weighted by atomic mass is 10.0. The standard InChI is InChI=1S/C19H28N4O2/c1-11(2)16(12(3)17(20-7)23-19(6)8-9-19)18(24)21-10-15-13(4)25-14(5)22-15/h23H,7-10H2,1-6H3,(H,21,24)/b17-12-. The normalized spacial score (nSPS) is 15.9. The number of aryl methyl sites for hydroxylation is 2. The molecule has 0 atom stereocenters. The predicted octanol–water partition coefficient (Wildman–Crippen LogP) is 3.32. The lowest BCUT2D eigenvalue weighted by Gasteiger charge is -2.18. The van der Waals surface area contributed by atoms with Crippen LogP contribution >= 0.6 is 0 Å². The Morgan fingerprint density at radius 1 is 1.32 bits per heavy atom. The number of nitrogens with zero attached hydrogens (tertiary/aromatic N) is 2. The molecule has 0 spiro atoms. The van der Waals surface area contributed by atoms with Crippen LogP contribution in [0.15, 0.2) is 31.9 Å². The Morgan fingerprint density at radius 2 is 1.96 bits per heavy atom. The van der Waals surface area contributed by atoms with E-state index >= 15 is 0 Å². The third-order valence-corrected chi connectivity index (χ3v) is 4.45. The van der Waals surface area contributed by atoms with E-state index in [2.05, 4.69) is 34.3 Å². The van der Waals surface area contributed by atoms with Crippen LogP contribution < -0.4 is 10.6 Å². The van der Waals surface area contributed by atoms with Gasteiger partial charge < -0.3 is 15.1 Å². The summed E-state index contributed by atoms with van der Waals surface area (Å²) in [6.45, 7) is 15.5. The average Bonchev–Trinajstić information content (AvgIpc) is 3.16. The molecule has 2 rings (SSSR count). The summed E-state index contributed by atoms with van der Waals surface area (Å²) in [5.41, 5.74) is 3.15. The molecule has 1 aromatic heterocycles. The molecule has 0 saturated heterocycles. The second kappa shape index (κ2) is 7.25. The van der Waals surface area contributed by atoms with E-state index in [0.29, 0.717) is 23.8 Å². The Morgan fingerprint density at radius 3 is 2.40 bits per heavy atom. The van der Waals surface area contributed by atoms with Crippen molar-refractivity contribution in [3.05, 3.63) is 39.9 Å². The third-order valence-electron chi connectivity index (χ3n) is 4.45. The van der Waals surface area contributed by atoms with Gasteiger partial charge in [-0.25, -0.2) is 9.98 Å². The van der Waals surface area contributed by atoms with Crippen LogP contribution in [0.3, 0.4) is 0 Å². The number of allylic oxidation sites excluding steroid dienone is 1. The number of oxazole rings is 1. The van der Waals surface area contributed by atoms with Gasteiger partial charge in [-0.05, 0) is 54.2 Å². The Bertz CT molecular complexity index is 747. The Kier molecular flexibility index (Phi) is 5.50. The van der Waals surface area contributed by atoms with Crippen LogP contribution in [-0.2, 0) is 11.3 Å². The van der Waals surface area contributed by atoms with Crippen LogP contribution in [0.25, 0.3) is 0 Å². The third kappa shape index (κ3) is 4.59. The molecule has 136 valence electrons. The summed E-state index contributed by atoms with van der Waals surface area (Å²) < 4.78 is 5.40. The monoisotopic (exact) mass is 344 g/mol. The number of amides is 1. The van der Waals surface area contributed by atoms with Crippen molar-refractivity contribution in [2.75, 3.05) is 0 Å². The fourth-order valence-electron chi connectivity index (χ4n) is 2.73. The van der Waals surface area contributed by atoms with Gasteiger partial charge in [0.2, 0.25) is 0 Å². The molecule has 1 amide bonds. The van der Waals surface area contributed by atoms with Crippen molar-refractivity contribution in [1.82, 2.24) is 15.6 Å². The van der Waals surface area contributed by atoms with Gasteiger partial charge >= 0.3 is 0 Å². The summed E-state index contributed by atoms with van der Waals surface area (Å²) in [5, 5.41) is 6.33. The quantitative estimate of drug-likeness (QED) is 0.452. The second-order valence-corrected chi connectivity index (χ2v) is 7.11. The SMILES string of the molecule is C=N/C(NC1(C)CC1)=C(\C)C(C(=O)NCc1nc(C)oc1C)=C(C)C. The first-order chi connectivity index (χ1) is 11.7. The summed E-state index contributed by atoms with van der Waals surface area (Å²) in [7, 11) is 0. The van der Waals surface area contributed by atoms with Crippen molar-refractivity contribution in [3.63, 3.8) is 0 Å². The first-order valence-electron chi connectivity index (χ1n) is 8.51. The van der Waals surface area contributed by atoms with Gasteiger partial charge in [0.1, 0.15) is 17.3 Å². The van der Waals surface area contributed by atoms with E-state index in [1.54, 1.807) is 6.92 Å². The Labute approximate surface area is 149 Å². The summed E-state index contributed by atoms with van der Waals surface area (Å²) >= 11 is 0. The number of carbonyl (C=O) groups is 1. The van der Waals surface area contributed by atoms with Crippen LogP contribution in [0.1, 0.15) is 57.9 Å². The lowest BCUT2D eigenvalue weighted by Crippen LogP contribution is -2.30. The predicted molar refractivity (Wildman–Crippen MR) is 99.2 cm³/mol. The molecular weight excluding hydrogens is 316 g/mol. The van der Waals surface area contributed by atoms with Crippen LogP contribution in [-0.4, -0.2) is 23.1 Å². The van der Waals surface area contributed by atoms with Gasteiger partial charge in [-0.15, -0.1) is 0 Å². The second-order valence-electron chi connectivity index (χ2n) is 7.11. The van der Waals surface area contributed by atoms with E-state index in [1.165, 1.54) is 0 Å². The number of hydrogen-bond acceptors (Lipinski definition) is 5. The molecular formula is C19H28N4O2. The number of nitrogens with one attached hydrogen (secondary N) is 2. The Balaban J connectivity index is 2.19. The molecule has 0 aliphatic heterocycles. The van der Waals surface area contributed by atoms with E-state index in [0.717, 1.165) is 35.4 Å². The van der Waals surface area contributed by atoms with Crippen molar-refractivity contribution in [2.45, 2.75) is 66.5 Å². The van der Waals surface area contributed by atoms with Gasteiger partial charge in [0.25, 0.3) is 5.91 Å². The van der Waals surface area contributed by atoms with Gasteiger partial charge in [0.15, 0.2) is 5.89 Å². The van der Waals surface area contributed by atoms with Gasteiger partial charge in [-0.2, -0.15) is 0 Å². The summed E-state index contributed by atoms with van der Waals surface area (Å²) in [4.78, 5) is 21.2. The number of carbonyl (C=O) groups excluding carboxylic acids is 1. The summed E-state index contributed by atoms with van der Waals surface area (Å²) in [5.74, 6) is 1.84. The topological polar surface area (TPSA) is 79.5 Å². The first kappa shape index (κ1) is 19.0. The van der Waals surface area contributed by atoms with Crippen molar-refractivity contribution >= 4 is 12.6 Å². The van der Waals surface area contributed by atoms with Crippen molar-refractivity contribution < 1.29 is 9.21 Å². The maximum Gasteiger partial charge on any atom is 0.251 e. The van der Waals surface area contributed by atoms with Crippen LogP contribution in [0.2, 0.25) is 0 Å². The van der Waals surface area contributed by atoms with E-state index in [9.17, 15) is 4.79 Å². The van der Waals surface area contributed by atoms with Crippen LogP contribution in [0, 0.1) is 13.8 Å².